The molecule has 0 radical (unpaired) electrons. The van der Waals surface area contributed by atoms with Crippen molar-refractivity contribution >= 4 is 23.3 Å². The Morgan fingerprint density at radius 1 is 1.43 bits per heavy atom. The van der Waals surface area contributed by atoms with Crippen molar-refractivity contribution in [2.75, 3.05) is 18.5 Å². The van der Waals surface area contributed by atoms with E-state index < -0.39 is 5.92 Å². The molecule has 0 saturated carbocycles. The molecule has 6 nitrogen and oxygen atoms in total. The Bertz CT molecular complexity index is 568. The number of hydrogen-bond donors (Lipinski definition) is 3. The quantitative estimate of drug-likeness (QED) is 0.567. The molecule has 0 unspecified atom stereocenters. The van der Waals surface area contributed by atoms with Gasteiger partial charge in [0.15, 0.2) is 0 Å². The first-order valence-corrected chi connectivity index (χ1v) is 6.68. The van der Waals surface area contributed by atoms with E-state index >= 15 is 0 Å². The molecule has 1 aliphatic rings. The fourth-order valence-corrected chi connectivity index (χ4v) is 2.00. The van der Waals surface area contributed by atoms with Crippen molar-refractivity contribution in [1.82, 2.24) is 10.6 Å². The van der Waals surface area contributed by atoms with Crippen molar-refractivity contribution in [3.8, 4) is 0 Å². The second-order valence-electron chi connectivity index (χ2n) is 4.87. The molecule has 2 amide bonds. The van der Waals surface area contributed by atoms with Crippen molar-refractivity contribution in [2.24, 2.45) is 5.92 Å². The molecular weight excluding hydrogens is 268 g/mol. The zero-order valence-electron chi connectivity index (χ0n) is 11.8. The van der Waals surface area contributed by atoms with Crippen molar-refractivity contribution in [1.29, 1.82) is 5.41 Å². The topological polar surface area (TPSA) is 85.3 Å². The Hall–Kier alpha value is -2.63. The van der Waals surface area contributed by atoms with Gasteiger partial charge in [0.05, 0.1) is 5.92 Å². The summed E-state index contributed by atoms with van der Waals surface area (Å²) in [5, 5.41) is 12.8. The van der Waals surface area contributed by atoms with Gasteiger partial charge in [0.1, 0.15) is 5.84 Å². The first kappa shape index (κ1) is 14.8. The first-order chi connectivity index (χ1) is 10.1. The highest BCUT2D eigenvalue weighted by molar-refractivity contribution is 6.04. The minimum Gasteiger partial charge on any atom is -0.355 e. The van der Waals surface area contributed by atoms with E-state index in [4.69, 9.17) is 5.41 Å². The van der Waals surface area contributed by atoms with Crippen LogP contribution in [0.5, 0.6) is 0 Å². The number of para-hydroxylation sites is 1. The molecule has 0 aromatic heterocycles. The van der Waals surface area contributed by atoms with E-state index in [9.17, 15) is 9.59 Å². The van der Waals surface area contributed by atoms with Crippen LogP contribution < -0.4 is 15.5 Å². The Labute approximate surface area is 123 Å². The SMILES string of the molecule is CN(/C=C\C(=N)NC(=O)[C@H]1CNC(=O)C1)c1ccccc1. The van der Waals surface area contributed by atoms with Crippen LogP contribution in [0.2, 0.25) is 0 Å². The molecule has 1 aliphatic heterocycles. The van der Waals surface area contributed by atoms with E-state index in [-0.39, 0.29) is 24.1 Å². The van der Waals surface area contributed by atoms with Crippen LogP contribution in [0.25, 0.3) is 0 Å². The predicted molar refractivity (Wildman–Crippen MR) is 81.0 cm³/mol. The molecule has 6 heteroatoms. The van der Waals surface area contributed by atoms with Crippen LogP contribution in [0.15, 0.2) is 42.6 Å². The molecule has 1 heterocycles. The molecule has 2 rings (SSSR count). The van der Waals surface area contributed by atoms with Gasteiger partial charge in [0.2, 0.25) is 11.8 Å². The summed E-state index contributed by atoms with van der Waals surface area (Å²) in [7, 11) is 1.86. The number of amides is 2. The largest absolute Gasteiger partial charge is 0.355 e. The number of benzene rings is 1. The number of nitrogens with zero attached hydrogens (tertiary/aromatic N) is 1. The molecule has 0 bridgehead atoms. The molecule has 1 saturated heterocycles. The van der Waals surface area contributed by atoms with E-state index in [2.05, 4.69) is 10.6 Å². The predicted octanol–water partition coefficient (Wildman–Crippen LogP) is 0.866. The lowest BCUT2D eigenvalue weighted by atomic mass is 10.1. The van der Waals surface area contributed by atoms with Crippen molar-refractivity contribution in [3.05, 3.63) is 42.6 Å². The molecule has 0 spiro atoms. The zero-order chi connectivity index (χ0) is 15.2. The Kier molecular flexibility index (Phi) is 4.71. The first-order valence-electron chi connectivity index (χ1n) is 6.68. The van der Waals surface area contributed by atoms with Gasteiger partial charge in [-0.15, -0.1) is 0 Å². The summed E-state index contributed by atoms with van der Waals surface area (Å²) in [5.74, 6) is -0.813. The van der Waals surface area contributed by atoms with Gasteiger partial charge in [0, 0.05) is 31.9 Å². The molecule has 1 fully saturated rings. The average Bonchev–Trinajstić information content (AvgIpc) is 2.92. The van der Waals surface area contributed by atoms with Crippen LogP contribution >= 0.6 is 0 Å². The van der Waals surface area contributed by atoms with Gasteiger partial charge < -0.3 is 15.5 Å². The van der Waals surface area contributed by atoms with Gasteiger partial charge in [-0.05, 0) is 18.2 Å². The van der Waals surface area contributed by atoms with Gasteiger partial charge in [-0.1, -0.05) is 18.2 Å². The van der Waals surface area contributed by atoms with Crippen LogP contribution in [0.4, 0.5) is 5.69 Å². The van der Waals surface area contributed by atoms with E-state index in [0.717, 1.165) is 5.69 Å². The Morgan fingerprint density at radius 3 is 2.76 bits per heavy atom. The summed E-state index contributed by atoms with van der Waals surface area (Å²) < 4.78 is 0. The lowest BCUT2D eigenvalue weighted by Gasteiger charge is -2.14. The minimum absolute atomic E-state index is 0.00197. The number of rotatable bonds is 4. The summed E-state index contributed by atoms with van der Waals surface area (Å²) in [5.41, 5.74) is 0.985. The molecule has 1 aromatic rings. The highest BCUT2D eigenvalue weighted by atomic mass is 16.2. The summed E-state index contributed by atoms with van der Waals surface area (Å²) in [4.78, 5) is 24.7. The molecule has 21 heavy (non-hydrogen) atoms. The number of carbonyl (C=O) groups excluding carboxylic acids is 2. The van der Waals surface area contributed by atoms with Gasteiger partial charge in [-0.2, -0.15) is 0 Å². The number of amidine groups is 1. The minimum atomic E-state index is -0.391. The fourth-order valence-electron chi connectivity index (χ4n) is 2.00. The highest BCUT2D eigenvalue weighted by Gasteiger charge is 2.27. The smallest absolute Gasteiger partial charge is 0.230 e. The Balaban J connectivity index is 1.85. The van der Waals surface area contributed by atoms with Crippen LogP contribution in [-0.4, -0.2) is 31.2 Å². The van der Waals surface area contributed by atoms with Crippen LogP contribution in [-0.2, 0) is 9.59 Å². The van der Waals surface area contributed by atoms with Gasteiger partial charge in [0.25, 0.3) is 0 Å². The fraction of sp³-hybridized carbons (Fsp3) is 0.267. The zero-order valence-corrected chi connectivity index (χ0v) is 11.8. The van der Waals surface area contributed by atoms with E-state index in [1.807, 2.05) is 42.3 Å². The number of anilines is 1. The molecule has 1 aromatic carbocycles. The maximum atomic E-state index is 11.8. The van der Waals surface area contributed by atoms with Crippen molar-refractivity contribution < 1.29 is 9.59 Å². The van der Waals surface area contributed by atoms with Gasteiger partial charge in [-0.25, -0.2) is 0 Å². The summed E-state index contributed by atoms with van der Waals surface area (Å²) in [6.45, 7) is 0.339. The van der Waals surface area contributed by atoms with Gasteiger partial charge in [-0.3, -0.25) is 15.0 Å². The molecule has 3 N–H and O–H groups in total. The van der Waals surface area contributed by atoms with E-state index in [1.165, 1.54) is 6.08 Å². The lowest BCUT2D eigenvalue weighted by Crippen LogP contribution is -2.35. The average molecular weight is 286 g/mol. The molecule has 110 valence electrons. The maximum Gasteiger partial charge on any atom is 0.230 e. The second-order valence-corrected chi connectivity index (χ2v) is 4.87. The molecule has 1 atom stereocenters. The third-order valence-electron chi connectivity index (χ3n) is 3.23. The van der Waals surface area contributed by atoms with Crippen molar-refractivity contribution in [2.45, 2.75) is 6.42 Å². The third kappa shape index (κ3) is 4.17. The monoisotopic (exact) mass is 286 g/mol. The number of hydrogen-bond acceptors (Lipinski definition) is 4. The number of carbonyl (C=O) groups is 2. The Morgan fingerprint density at radius 2 is 2.14 bits per heavy atom. The van der Waals surface area contributed by atoms with Crippen LogP contribution in [0.1, 0.15) is 6.42 Å². The summed E-state index contributed by atoms with van der Waals surface area (Å²) in [6, 6.07) is 9.68. The van der Waals surface area contributed by atoms with E-state index in [0.29, 0.717) is 6.54 Å². The van der Waals surface area contributed by atoms with Crippen LogP contribution in [0, 0.1) is 11.3 Å². The summed E-state index contributed by atoms with van der Waals surface area (Å²) in [6.07, 6.45) is 3.40. The second kappa shape index (κ2) is 6.69. The number of nitrogens with one attached hydrogen (secondary N) is 3. The standard InChI is InChI=1S/C15H18N4O2/c1-19(12-5-3-2-4-6-12)8-7-13(16)18-15(21)11-9-14(20)17-10-11/h2-8,11H,9-10H2,1H3,(H,17,20)(H2,16,18,21)/b8-7-/t11-/m1/s1. The highest BCUT2D eigenvalue weighted by Crippen LogP contribution is 2.11. The van der Waals surface area contributed by atoms with Crippen LogP contribution in [0.3, 0.4) is 0 Å². The third-order valence-corrected chi connectivity index (χ3v) is 3.23. The molecule has 0 aliphatic carbocycles. The van der Waals surface area contributed by atoms with Crippen molar-refractivity contribution in [3.63, 3.8) is 0 Å². The van der Waals surface area contributed by atoms with Gasteiger partial charge >= 0.3 is 0 Å². The molecular formula is C15H18N4O2. The lowest BCUT2D eigenvalue weighted by molar-refractivity contribution is -0.125. The summed E-state index contributed by atoms with van der Waals surface area (Å²) >= 11 is 0. The normalized spacial score (nSPS) is 17.6. The maximum absolute atomic E-state index is 11.8. The van der Waals surface area contributed by atoms with E-state index in [1.54, 1.807) is 6.20 Å².